The Labute approximate surface area is 102 Å². The molecule has 7 nitrogen and oxygen atoms in total. The predicted octanol–water partition coefficient (Wildman–Crippen LogP) is 1.48. The van der Waals surface area contributed by atoms with Gasteiger partial charge in [0, 0.05) is 23.6 Å². The summed E-state index contributed by atoms with van der Waals surface area (Å²) in [5, 5.41) is 14.9. The molecule has 0 radical (unpaired) electrons. The summed E-state index contributed by atoms with van der Waals surface area (Å²) >= 11 is 0. The Hall–Kier alpha value is -2.70. The second kappa shape index (κ2) is 4.66. The molecule has 7 heteroatoms. The summed E-state index contributed by atoms with van der Waals surface area (Å²) in [7, 11) is 0. The Morgan fingerprint density at radius 1 is 1.50 bits per heavy atom. The lowest BCUT2D eigenvalue weighted by Gasteiger charge is -2.06. The molecule has 0 saturated heterocycles. The quantitative estimate of drug-likeness (QED) is 0.799. The Morgan fingerprint density at radius 2 is 2.28 bits per heavy atom. The number of nitrogens with zero attached hydrogens (tertiary/aromatic N) is 3. The molecule has 92 valence electrons. The van der Waals surface area contributed by atoms with E-state index in [2.05, 4.69) is 15.4 Å². The van der Waals surface area contributed by atoms with E-state index in [0.717, 1.165) is 0 Å². The number of carboxylic acid groups (broad SMARTS) is 1. The lowest BCUT2D eigenvalue weighted by atomic mass is 10.3. The molecule has 0 bridgehead atoms. The maximum atomic E-state index is 10.6. The molecule has 0 aliphatic rings. The molecule has 18 heavy (non-hydrogen) atoms. The maximum absolute atomic E-state index is 10.6. The normalized spacial score (nSPS) is 10.1. The third kappa shape index (κ3) is 2.51. The number of aromatic nitrogens is 3. The number of aldehydes is 1. The average molecular weight is 246 g/mol. The van der Waals surface area contributed by atoms with Crippen molar-refractivity contribution in [1.82, 2.24) is 14.8 Å². The highest BCUT2D eigenvalue weighted by Crippen LogP contribution is 2.14. The molecular formula is C11H10N4O3. The van der Waals surface area contributed by atoms with Crippen LogP contribution in [0.1, 0.15) is 16.1 Å². The minimum Gasteiger partial charge on any atom is -0.465 e. The lowest BCUT2D eigenvalue weighted by Crippen LogP contribution is -2.09. The van der Waals surface area contributed by atoms with E-state index >= 15 is 0 Å². The van der Waals surface area contributed by atoms with E-state index in [9.17, 15) is 9.59 Å². The van der Waals surface area contributed by atoms with E-state index in [1.807, 2.05) is 0 Å². The zero-order valence-corrected chi connectivity index (χ0v) is 9.49. The maximum Gasteiger partial charge on any atom is 0.409 e. The predicted molar refractivity (Wildman–Crippen MR) is 63.1 cm³/mol. The summed E-state index contributed by atoms with van der Waals surface area (Å²) in [5.74, 6) is 0.437. The lowest BCUT2D eigenvalue weighted by molar-refractivity contribution is 0.112. The molecule has 2 N–H and O–H groups in total. The SMILES string of the molecule is Cc1cc(NC(=O)O)cc(-n2cc(C=O)cn2)n1. The van der Waals surface area contributed by atoms with Crippen molar-refractivity contribution in [2.24, 2.45) is 0 Å². The van der Waals surface area contributed by atoms with Crippen LogP contribution in [0.2, 0.25) is 0 Å². The van der Waals surface area contributed by atoms with Crippen LogP contribution in [0.15, 0.2) is 24.5 Å². The molecular weight excluding hydrogens is 236 g/mol. The van der Waals surface area contributed by atoms with E-state index in [1.165, 1.54) is 23.1 Å². The fourth-order valence-corrected chi connectivity index (χ4v) is 1.49. The number of carbonyl (C=O) groups is 2. The standard InChI is InChI=1S/C11H10N4O3/c1-7-2-9(14-11(17)18)3-10(13-7)15-5-8(6-16)4-12-15/h2-6H,1H3,(H,13,14)(H,17,18). The molecule has 1 amide bonds. The average Bonchev–Trinajstić information content (AvgIpc) is 2.75. The Morgan fingerprint density at radius 3 is 2.89 bits per heavy atom. The van der Waals surface area contributed by atoms with Gasteiger partial charge >= 0.3 is 6.09 Å². The first kappa shape index (κ1) is 11.8. The van der Waals surface area contributed by atoms with Gasteiger partial charge in [-0.05, 0) is 13.0 Å². The molecule has 0 atom stereocenters. The number of rotatable bonds is 3. The molecule has 2 rings (SSSR count). The van der Waals surface area contributed by atoms with Crippen LogP contribution in [-0.4, -0.2) is 32.3 Å². The Balaban J connectivity index is 2.40. The molecule has 0 saturated carbocycles. The van der Waals surface area contributed by atoms with E-state index in [-0.39, 0.29) is 0 Å². The highest BCUT2D eigenvalue weighted by atomic mass is 16.4. The van der Waals surface area contributed by atoms with Crippen molar-refractivity contribution in [3.63, 3.8) is 0 Å². The van der Waals surface area contributed by atoms with Gasteiger partial charge in [-0.2, -0.15) is 5.10 Å². The molecule has 0 unspecified atom stereocenters. The van der Waals surface area contributed by atoms with Gasteiger partial charge in [0.2, 0.25) is 0 Å². The van der Waals surface area contributed by atoms with Crippen molar-refractivity contribution in [2.45, 2.75) is 6.92 Å². The number of nitrogens with one attached hydrogen (secondary N) is 1. The van der Waals surface area contributed by atoms with Gasteiger partial charge in [-0.1, -0.05) is 0 Å². The van der Waals surface area contributed by atoms with Crippen molar-refractivity contribution in [1.29, 1.82) is 0 Å². The second-order valence-corrected chi connectivity index (χ2v) is 3.62. The third-order valence-corrected chi connectivity index (χ3v) is 2.16. The minimum atomic E-state index is -1.15. The van der Waals surface area contributed by atoms with Crippen molar-refractivity contribution in [2.75, 3.05) is 5.32 Å². The van der Waals surface area contributed by atoms with Gasteiger partial charge in [-0.25, -0.2) is 14.5 Å². The van der Waals surface area contributed by atoms with Crippen LogP contribution in [0.4, 0.5) is 10.5 Å². The van der Waals surface area contributed by atoms with Crippen molar-refractivity contribution >= 4 is 18.1 Å². The molecule has 2 aromatic rings. The van der Waals surface area contributed by atoms with Gasteiger partial charge in [0.25, 0.3) is 0 Å². The van der Waals surface area contributed by atoms with Crippen molar-refractivity contribution in [3.8, 4) is 5.82 Å². The van der Waals surface area contributed by atoms with Crippen molar-refractivity contribution in [3.05, 3.63) is 35.8 Å². The number of amides is 1. The van der Waals surface area contributed by atoms with Crippen LogP contribution in [0, 0.1) is 6.92 Å². The highest BCUT2D eigenvalue weighted by Gasteiger charge is 2.06. The van der Waals surface area contributed by atoms with Crippen LogP contribution in [0.5, 0.6) is 0 Å². The summed E-state index contributed by atoms with van der Waals surface area (Å²) in [5.41, 5.74) is 1.46. The topological polar surface area (TPSA) is 97.1 Å². The van der Waals surface area contributed by atoms with Gasteiger partial charge in [0.05, 0.1) is 11.8 Å². The smallest absolute Gasteiger partial charge is 0.409 e. The summed E-state index contributed by atoms with van der Waals surface area (Å²) in [6.45, 7) is 1.74. The van der Waals surface area contributed by atoms with E-state index < -0.39 is 6.09 Å². The fraction of sp³-hybridized carbons (Fsp3) is 0.0909. The van der Waals surface area contributed by atoms with E-state index in [1.54, 1.807) is 13.0 Å². The Kier molecular flexibility index (Phi) is 3.05. The zero-order valence-electron chi connectivity index (χ0n) is 9.49. The number of pyridine rings is 1. The summed E-state index contributed by atoms with van der Waals surface area (Å²) in [6, 6.07) is 3.13. The van der Waals surface area contributed by atoms with Crippen LogP contribution >= 0.6 is 0 Å². The number of anilines is 1. The molecule has 2 aromatic heterocycles. The number of hydrogen-bond acceptors (Lipinski definition) is 4. The van der Waals surface area contributed by atoms with Crippen LogP contribution in [-0.2, 0) is 0 Å². The first-order chi connectivity index (χ1) is 8.58. The minimum absolute atomic E-state index is 0.396. The largest absolute Gasteiger partial charge is 0.465 e. The van der Waals surface area contributed by atoms with Crippen LogP contribution in [0.3, 0.4) is 0 Å². The van der Waals surface area contributed by atoms with Gasteiger partial charge in [-0.3, -0.25) is 10.1 Å². The number of aryl methyl sites for hydroxylation is 1. The van der Waals surface area contributed by atoms with E-state index in [4.69, 9.17) is 5.11 Å². The summed E-state index contributed by atoms with van der Waals surface area (Å²) in [6.07, 6.45) is 2.44. The fourth-order valence-electron chi connectivity index (χ4n) is 1.49. The number of hydrogen-bond donors (Lipinski definition) is 2. The van der Waals surface area contributed by atoms with Crippen LogP contribution in [0.25, 0.3) is 5.82 Å². The first-order valence-corrected chi connectivity index (χ1v) is 5.07. The van der Waals surface area contributed by atoms with Crippen molar-refractivity contribution < 1.29 is 14.7 Å². The molecule has 0 fully saturated rings. The Bertz CT molecular complexity index is 606. The summed E-state index contributed by atoms with van der Waals surface area (Å²) < 4.78 is 1.41. The van der Waals surface area contributed by atoms with Gasteiger partial charge in [0.1, 0.15) is 0 Å². The molecule has 0 aromatic carbocycles. The number of carbonyl (C=O) groups excluding carboxylic acids is 1. The first-order valence-electron chi connectivity index (χ1n) is 5.07. The molecule has 2 heterocycles. The summed E-state index contributed by atoms with van der Waals surface area (Å²) in [4.78, 5) is 25.4. The second-order valence-electron chi connectivity index (χ2n) is 3.62. The van der Waals surface area contributed by atoms with E-state index in [0.29, 0.717) is 29.0 Å². The zero-order chi connectivity index (χ0) is 13.1. The third-order valence-electron chi connectivity index (χ3n) is 2.16. The monoisotopic (exact) mass is 246 g/mol. The molecule has 0 aliphatic carbocycles. The van der Waals surface area contributed by atoms with Crippen LogP contribution < -0.4 is 5.32 Å². The molecule has 0 spiro atoms. The van der Waals surface area contributed by atoms with Gasteiger partial charge in [-0.15, -0.1) is 0 Å². The molecule has 0 aliphatic heterocycles. The highest BCUT2D eigenvalue weighted by molar-refractivity contribution is 5.83. The van der Waals surface area contributed by atoms with Gasteiger partial charge < -0.3 is 5.11 Å². The van der Waals surface area contributed by atoms with Gasteiger partial charge in [0.15, 0.2) is 12.1 Å².